The van der Waals surface area contributed by atoms with Crippen molar-refractivity contribution in [3.05, 3.63) is 47.7 Å². The lowest BCUT2D eigenvalue weighted by Gasteiger charge is -1.99. The van der Waals surface area contributed by atoms with Gasteiger partial charge in [-0.25, -0.2) is 0 Å². The van der Waals surface area contributed by atoms with Gasteiger partial charge in [0.25, 0.3) is 0 Å². The third kappa shape index (κ3) is 1.37. The van der Waals surface area contributed by atoms with Crippen molar-refractivity contribution in [3.63, 3.8) is 0 Å². The lowest BCUT2D eigenvalue weighted by Crippen LogP contribution is -1.80. The fourth-order valence-corrected chi connectivity index (χ4v) is 1.94. The molecule has 0 bridgehead atoms. The minimum absolute atomic E-state index is 0.694. The summed E-state index contributed by atoms with van der Waals surface area (Å²) in [6, 6.07) is 9.54. The van der Waals surface area contributed by atoms with Crippen molar-refractivity contribution >= 4 is 22.5 Å². The van der Waals surface area contributed by atoms with Gasteiger partial charge in [-0.2, -0.15) is 5.10 Å². The molecule has 1 aromatic carbocycles. The zero-order valence-corrected chi connectivity index (χ0v) is 9.07. The third-order valence-electron chi connectivity index (χ3n) is 2.49. The highest BCUT2D eigenvalue weighted by atomic mass is 35.5. The van der Waals surface area contributed by atoms with Crippen molar-refractivity contribution in [2.75, 3.05) is 0 Å². The molecule has 0 spiro atoms. The van der Waals surface area contributed by atoms with Crippen molar-refractivity contribution in [2.45, 2.75) is 0 Å². The summed E-state index contributed by atoms with van der Waals surface area (Å²) in [5, 5.41) is 8.92. The molecule has 3 aromatic rings. The molecule has 0 amide bonds. The Morgan fingerprint density at radius 3 is 2.88 bits per heavy atom. The number of H-pyrrole nitrogens is 1. The topological polar surface area (TPSA) is 41.6 Å². The average molecular weight is 230 g/mol. The van der Waals surface area contributed by atoms with Crippen molar-refractivity contribution in [3.8, 4) is 11.3 Å². The minimum atomic E-state index is 0.694. The summed E-state index contributed by atoms with van der Waals surface area (Å²) < 4.78 is 0. The number of halogens is 1. The van der Waals surface area contributed by atoms with Gasteiger partial charge in [0.1, 0.15) is 5.69 Å². The first-order chi connectivity index (χ1) is 7.86. The minimum Gasteiger partial charge on any atom is -0.277 e. The van der Waals surface area contributed by atoms with Crippen LogP contribution in [0.4, 0.5) is 0 Å². The molecule has 1 N–H and O–H groups in total. The molecule has 0 aliphatic heterocycles. The molecule has 0 unspecified atom stereocenters. The second-order valence-corrected chi connectivity index (χ2v) is 3.88. The fourth-order valence-electron chi connectivity index (χ4n) is 1.72. The summed E-state index contributed by atoms with van der Waals surface area (Å²) in [6.07, 6.45) is 3.52. The number of nitrogens with zero attached hydrogens (tertiary/aromatic N) is 2. The van der Waals surface area contributed by atoms with E-state index in [1.165, 1.54) is 0 Å². The number of aromatic nitrogens is 3. The molecule has 0 saturated carbocycles. The second kappa shape index (κ2) is 3.61. The molecule has 2 heterocycles. The Labute approximate surface area is 97.1 Å². The van der Waals surface area contributed by atoms with Crippen LogP contribution in [0.5, 0.6) is 0 Å². The van der Waals surface area contributed by atoms with Gasteiger partial charge in [-0.15, -0.1) is 0 Å². The number of fused-ring (bicyclic) bond motifs is 1. The van der Waals surface area contributed by atoms with Crippen molar-refractivity contribution < 1.29 is 0 Å². The van der Waals surface area contributed by atoms with E-state index in [4.69, 9.17) is 11.6 Å². The van der Waals surface area contributed by atoms with Crippen LogP contribution in [-0.2, 0) is 0 Å². The quantitative estimate of drug-likeness (QED) is 0.696. The molecule has 78 valence electrons. The summed E-state index contributed by atoms with van der Waals surface area (Å²) in [5.41, 5.74) is 2.72. The van der Waals surface area contributed by atoms with Crippen LogP contribution in [0.2, 0.25) is 5.02 Å². The molecule has 3 rings (SSSR count). The van der Waals surface area contributed by atoms with Crippen molar-refractivity contribution in [2.24, 2.45) is 0 Å². The number of hydrogen-bond acceptors (Lipinski definition) is 2. The maximum absolute atomic E-state index is 6.14. The Morgan fingerprint density at radius 2 is 2.00 bits per heavy atom. The molecule has 0 atom stereocenters. The van der Waals surface area contributed by atoms with E-state index in [1.807, 2.05) is 30.3 Å². The SMILES string of the molecule is Clc1ccccc1-c1n[nH]c2ccncc12. The first-order valence-electron chi connectivity index (χ1n) is 4.89. The average Bonchev–Trinajstić information content (AvgIpc) is 2.74. The monoisotopic (exact) mass is 229 g/mol. The summed E-state index contributed by atoms with van der Waals surface area (Å²) in [7, 11) is 0. The zero-order chi connectivity index (χ0) is 11.0. The number of hydrogen-bond donors (Lipinski definition) is 1. The van der Waals surface area contributed by atoms with Crippen LogP contribution in [0.1, 0.15) is 0 Å². The van der Waals surface area contributed by atoms with Crippen molar-refractivity contribution in [1.29, 1.82) is 0 Å². The number of pyridine rings is 1. The van der Waals surface area contributed by atoms with Crippen molar-refractivity contribution in [1.82, 2.24) is 15.2 Å². The number of nitrogens with one attached hydrogen (secondary N) is 1. The van der Waals surface area contributed by atoms with Crippen LogP contribution >= 0.6 is 11.6 Å². The van der Waals surface area contributed by atoms with E-state index in [1.54, 1.807) is 12.4 Å². The maximum atomic E-state index is 6.14. The summed E-state index contributed by atoms with van der Waals surface area (Å²) >= 11 is 6.14. The Bertz CT molecular complexity index is 645. The van der Waals surface area contributed by atoms with E-state index in [2.05, 4.69) is 15.2 Å². The van der Waals surface area contributed by atoms with Gasteiger partial charge < -0.3 is 0 Å². The lowest BCUT2D eigenvalue weighted by molar-refractivity contribution is 1.12. The second-order valence-electron chi connectivity index (χ2n) is 3.47. The van der Waals surface area contributed by atoms with Crippen LogP contribution in [0.15, 0.2) is 42.7 Å². The molecular weight excluding hydrogens is 222 g/mol. The van der Waals surface area contributed by atoms with E-state index in [0.29, 0.717) is 5.02 Å². The Hall–Kier alpha value is -1.87. The Kier molecular flexibility index (Phi) is 2.11. The van der Waals surface area contributed by atoms with Gasteiger partial charge >= 0.3 is 0 Å². The predicted octanol–water partition coefficient (Wildman–Crippen LogP) is 3.28. The van der Waals surface area contributed by atoms with Crippen LogP contribution < -0.4 is 0 Å². The molecule has 0 fully saturated rings. The van der Waals surface area contributed by atoms with E-state index in [9.17, 15) is 0 Å². The predicted molar refractivity (Wildman–Crippen MR) is 64.3 cm³/mol. The van der Waals surface area contributed by atoms with E-state index >= 15 is 0 Å². The molecule has 4 heteroatoms. The van der Waals surface area contributed by atoms with Gasteiger partial charge in [-0.05, 0) is 12.1 Å². The van der Waals surface area contributed by atoms with Crippen LogP contribution in [0.25, 0.3) is 22.2 Å². The highest BCUT2D eigenvalue weighted by molar-refractivity contribution is 6.33. The molecule has 0 saturated heterocycles. The largest absolute Gasteiger partial charge is 0.277 e. The highest BCUT2D eigenvalue weighted by Gasteiger charge is 2.10. The smallest absolute Gasteiger partial charge is 0.103 e. The number of aromatic amines is 1. The lowest BCUT2D eigenvalue weighted by atomic mass is 10.1. The molecule has 0 radical (unpaired) electrons. The van der Waals surface area contributed by atoms with E-state index < -0.39 is 0 Å². The Morgan fingerprint density at radius 1 is 1.12 bits per heavy atom. The van der Waals surface area contributed by atoms with Crippen LogP contribution in [-0.4, -0.2) is 15.2 Å². The summed E-state index contributed by atoms with van der Waals surface area (Å²) in [5.74, 6) is 0. The summed E-state index contributed by atoms with van der Waals surface area (Å²) in [6.45, 7) is 0. The summed E-state index contributed by atoms with van der Waals surface area (Å²) in [4.78, 5) is 4.10. The third-order valence-corrected chi connectivity index (χ3v) is 2.82. The van der Waals surface area contributed by atoms with Gasteiger partial charge in [0, 0.05) is 23.3 Å². The molecule has 0 aliphatic rings. The van der Waals surface area contributed by atoms with Gasteiger partial charge in [0.05, 0.1) is 10.5 Å². The molecule has 3 nitrogen and oxygen atoms in total. The number of rotatable bonds is 1. The van der Waals surface area contributed by atoms with E-state index in [0.717, 1.165) is 22.2 Å². The maximum Gasteiger partial charge on any atom is 0.103 e. The van der Waals surface area contributed by atoms with Gasteiger partial charge in [0.15, 0.2) is 0 Å². The molecule has 0 aliphatic carbocycles. The standard InChI is InChI=1S/C12H8ClN3/c13-10-4-2-1-3-8(10)12-9-7-14-6-5-11(9)15-16-12/h1-7H,(H,15,16). The molecule has 2 aromatic heterocycles. The zero-order valence-electron chi connectivity index (χ0n) is 8.31. The highest BCUT2D eigenvalue weighted by Crippen LogP contribution is 2.30. The van der Waals surface area contributed by atoms with Gasteiger partial charge in [0.2, 0.25) is 0 Å². The normalized spacial score (nSPS) is 10.8. The van der Waals surface area contributed by atoms with Gasteiger partial charge in [-0.3, -0.25) is 10.1 Å². The first kappa shape index (κ1) is 9.36. The fraction of sp³-hybridized carbons (Fsp3) is 0. The van der Waals surface area contributed by atoms with Crippen LogP contribution in [0, 0.1) is 0 Å². The van der Waals surface area contributed by atoms with E-state index in [-0.39, 0.29) is 0 Å². The molecular formula is C12H8ClN3. The van der Waals surface area contributed by atoms with Crippen LogP contribution in [0.3, 0.4) is 0 Å². The van der Waals surface area contributed by atoms with Gasteiger partial charge in [-0.1, -0.05) is 29.8 Å². The first-order valence-corrected chi connectivity index (χ1v) is 5.27. The Balaban J connectivity index is 2.31. The number of benzene rings is 1. The molecule has 16 heavy (non-hydrogen) atoms.